The van der Waals surface area contributed by atoms with Crippen LogP contribution < -0.4 is 5.73 Å². The molecule has 0 radical (unpaired) electrons. The van der Waals surface area contributed by atoms with Gasteiger partial charge in [-0.3, -0.25) is 0 Å². The fraction of sp³-hybridized carbons (Fsp3) is 0.538. The number of hydrogen-bond acceptors (Lipinski definition) is 1. The molecule has 2 rings (SSSR count). The van der Waals surface area contributed by atoms with E-state index in [1.54, 1.807) is 0 Å². The number of nitrogens with two attached hydrogens (primary N) is 1. The van der Waals surface area contributed by atoms with E-state index < -0.39 is 0 Å². The van der Waals surface area contributed by atoms with Crippen LogP contribution in [0.2, 0.25) is 5.02 Å². The molecule has 1 aromatic carbocycles. The summed E-state index contributed by atoms with van der Waals surface area (Å²) >= 11 is 5.99. The molecule has 0 aliphatic heterocycles. The van der Waals surface area contributed by atoms with Crippen LogP contribution in [0.25, 0.3) is 0 Å². The van der Waals surface area contributed by atoms with Crippen LogP contribution in [0.4, 0.5) is 0 Å². The van der Waals surface area contributed by atoms with E-state index >= 15 is 0 Å². The molecule has 2 N–H and O–H groups in total. The summed E-state index contributed by atoms with van der Waals surface area (Å²) < 4.78 is 0. The van der Waals surface area contributed by atoms with E-state index in [0.29, 0.717) is 5.41 Å². The SMILES string of the molecule is NCC1(Cc2cccc(Cl)c2)CCCC1. The van der Waals surface area contributed by atoms with E-state index in [2.05, 4.69) is 12.1 Å². The number of benzene rings is 1. The molecule has 1 aliphatic carbocycles. The molecule has 1 saturated carbocycles. The Morgan fingerprint density at radius 3 is 2.60 bits per heavy atom. The summed E-state index contributed by atoms with van der Waals surface area (Å²) in [7, 11) is 0. The minimum Gasteiger partial charge on any atom is -0.330 e. The summed E-state index contributed by atoms with van der Waals surface area (Å²) in [6.45, 7) is 0.805. The third-order valence-corrected chi connectivity index (χ3v) is 3.80. The number of hydrogen-bond donors (Lipinski definition) is 1. The average Bonchev–Trinajstić information content (AvgIpc) is 2.67. The zero-order valence-electron chi connectivity index (χ0n) is 9.01. The highest BCUT2D eigenvalue weighted by Gasteiger charge is 2.32. The Hall–Kier alpha value is -0.530. The molecule has 0 amide bonds. The maximum Gasteiger partial charge on any atom is 0.0408 e. The summed E-state index contributed by atoms with van der Waals surface area (Å²) in [5, 5.41) is 0.831. The second-order valence-corrected chi connectivity index (χ2v) is 5.15. The fourth-order valence-corrected chi connectivity index (χ4v) is 2.87. The third kappa shape index (κ3) is 2.53. The maximum absolute atomic E-state index is 5.99. The topological polar surface area (TPSA) is 26.0 Å². The van der Waals surface area contributed by atoms with Crippen molar-refractivity contribution in [2.24, 2.45) is 11.1 Å². The molecule has 0 heterocycles. The fourth-order valence-electron chi connectivity index (χ4n) is 2.66. The first-order valence-electron chi connectivity index (χ1n) is 5.69. The van der Waals surface area contributed by atoms with Crippen molar-refractivity contribution >= 4 is 11.6 Å². The van der Waals surface area contributed by atoms with Gasteiger partial charge in [0.05, 0.1) is 0 Å². The number of halogens is 1. The first-order chi connectivity index (χ1) is 7.24. The van der Waals surface area contributed by atoms with Crippen molar-refractivity contribution in [3.63, 3.8) is 0 Å². The monoisotopic (exact) mass is 223 g/mol. The zero-order chi connectivity index (χ0) is 10.7. The third-order valence-electron chi connectivity index (χ3n) is 3.57. The van der Waals surface area contributed by atoms with Gasteiger partial charge in [-0.2, -0.15) is 0 Å². The normalized spacial score (nSPS) is 19.3. The summed E-state index contributed by atoms with van der Waals surface area (Å²) in [6, 6.07) is 8.17. The van der Waals surface area contributed by atoms with Crippen LogP contribution in [-0.4, -0.2) is 6.54 Å². The molecule has 0 unspecified atom stereocenters. The molecule has 0 saturated heterocycles. The van der Waals surface area contributed by atoms with Gasteiger partial charge in [-0.05, 0) is 48.9 Å². The largest absolute Gasteiger partial charge is 0.330 e. The van der Waals surface area contributed by atoms with Crippen LogP contribution in [0.5, 0.6) is 0 Å². The summed E-state index contributed by atoms with van der Waals surface area (Å²) in [5.41, 5.74) is 7.60. The van der Waals surface area contributed by atoms with Gasteiger partial charge < -0.3 is 5.73 Å². The van der Waals surface area contributed by atoms with Gasteiger partial charge in [-0.25, -0.2) is 0 Å². The molecule has 1 aliphatic rings. The maximum atomic E-state index is 5.99. The lowest BCUT2D eigenvalue weighted by Crippen LogP contribution is -2.29. The Kier molecular flexibility index (Phi) is 3.32. The van der Waals surface area contributed by atoms with E-state index in [1.807, 2.05) is 12.1 Å². The molecule has 1 aromatic rings. The highest BCUT2D eigenvalue weighted by molar-refractivity contribution is 6.30. The van der Waals surface area contributed by atoms with E-state index in [1.165, 1.54) is 31.2 Å². The molecule has 1 fully saturated rings. The zero-order valence-corrected chi connectivity index (χ0v) is 9.76. The van der Waals surface area contributed by atoms with Gasteiger partial charge >= 0.3 is 0 Å². The van der Waals surface area contributed by atoms with Crippen LogP contribution in [0, 0.1) is 5.41 Å². The molecule has 0 aromatic heterocycles. The Bertz CT molecular complexity index is 329. The molecule has 82 valence electrons. The highest BCUT2D eigenvalue weighted by atomic mass is 35.5. The predicted octanol–water partition coefficient (Wildman–Crippen LogP) is 3.40. The minimum absolute atomic E-state index is 0.352. The predicted molar refractivity (Wildman–Crippen MR) is 65.1 cm³/mol. The van der Waals surface area contributed by atoms with Gasteiger partial charge in [-0.1, -0.05) is 36.6 Å². The van der Waals surface area contributed by atoms with Crippen molar-refractivity contribution in [1.82, 2.24) is 0 Å². The molecule has 0 atom stereocenters. The summed E-state index contributed by atoms with van der Waals surface area (Å²) in [5.74, 6) is 0. The molecular formula is C13H18ClN. The van der Waals surface area contributed by atoms with Gasteiger partial charge in [0.2, 0.25) is 0 Å². The van der Waals surface area contributed by atoms with Crippen molar-refractivity contribution in [1.29, 1.82) is 0 Å². The Labute approximate surface area is 96.6 Å². The lowest BCUT2D eigenvalue weighted by Gasteiger charge is -2.27. The Morgan fingerprint density at radius 1 is 1.27 bits per heavy atom. The van der Waals surface area contributed by atoms with Gasteiger partial charge in [0.25, 0.3) is 0 Å². The molecule has 15 heavy (non-hydrogen) atoms. The highest BCUT2D eigenvalue weighted by Crippen LogP contribution is 2.40. The van der Waals surface area contributed by atoms with Gasteiger partial charge in [0.15, 0.2) is 0 Å². The summed E-state index contributed by atoms with van der Waals surface area (Å²) in [4.78, 5) is 0. The quantitative estimate of drug-likeness (QED) is 0.835. The van der Waals surface area contributed by atoms with E-state index in [0.717, 1.165) is 18.0 Å². The first kappa shape index (κ1) is 11.0. The molecule has 2 heteroatoms. The molecular weight excluding hydrogens is 206 g/mol. The van der Waals surface area contributed by atoms with Crippen molar-refractivity contribution in [3.8, 4) is 0 Å². The van der Waals surface area contributed by atoms with E-state index in [4.69, 9.17) is 17.3 Å². The second-order valence-electron chi connectivity index (χ2n) is 4.72. The van der Waals surface area contributed by atoms with E-state index in [9.17, 15) is 0 Å². The van der Waals surface area contributed by atoms with Gasteiger partial charge in [0.1, 0.15) is 0 Å². The van der Waals surface area contributed by atoms with Crippen LogP contribution in [0.1, 0.15) is 31.2 Å². The number of rotatable bonds is 3. The van der Waals surface area contributed by atoms with E-state index in [-0.39, 0.29) is 0 Å². The smallest absolute Gasteiger partial charge is 0.0408 e. The Balaban J connectivity index is 2.12. The lowest BCUT2D eigenvalue weighted by atomic mass is 9.80. The standard InChI is InChI=1S/C13H18ClN/c14-12-5-3-4-11(8-12)9-13(10-15)6-1-2-7-13/h3-5,8H,1-2,6-7,9-10,15H2. The molecule has 1 nitrogen and oxygen atoms in total. The van der Waals surface area contributed by atoms with Crippen LogP contribution in [0.15, 0.2) is 24.3 Å². The van der Waals surface area contributed by atoms with Crippen LogP contribution in [0.3, 0.4) is 0 Å². The van der Waals surface area contributed by atoms with Crippen molar-refractivity contribution in [2.45, 2.75) is 32.1 Å². The summed E-state index contributed by atoms with van der Waals surface area (Å²) in [6.07, 6.45) is 6.30. The average molecular weight is 224 g/mol. The molecule has 0 spiro atoms. The van der Waals surface area contributed by atoms with Crippen LogP contribution in [-0.2, 0) is 6.42 Å². The molecule has 0 bridgehead atoms. The Morgan fingerprint density at radius 2 is 2.00 bits per heavy atom. The first-order valence-corrected chi connectivity index (χ1v) is 6.06. The van der Waals surface area contributed by atoms with Crippen molar-refractivity contribution in [2.75, 3.05) is 6.54 Å². The lowest BCUT2D eigenvalue weighted by molar-refractivity contribution is 0.306. The van der Waals surface area contributed by atoms with Gasteiger partial charge in [-0.15, -0.1) is 0 Å². The second kappa shape index (κ2) is 4.54. The van der Waals surface area contributed by atoms with Gasteiger partial charge in [0, 0.05) is 5.02 Å². The van der Waals surface area contributed by atoms with Crippen molar-refractivity contribution in [3.05, 3.63) is 34.9 Å². The van der Waals surface area contributed by atoms with Crippen LogP contribution >= 0.6 is 11.6 Å². The van der Waals surface area contributed by atoms with Crippen molar-refractivity contribution < 1.29 is 0 Å². The minimum atomic E-state index is 0.352.